The fourth-order valence-electron chi connectivity index (χ4n) is 2.74. The number of carbonyl (C=O) groups is 1. The van der Waals surface area contributed by atoms with Gasteiger partial charge in [-0.25, -0.2) is 9.07 Å². The maximum atomic E-state index is 13.9. The van der Waals surface area contributed by atoms with Crippen LogP contribution in [0, 0.1) is 12.7 Å². The maximum Gasteiger partial charge on any atom is 0.255 e. The second-order valence-corrected chi connectivity index (χ2v) is 5.52. The highest BCUT2D eigenvalue weighted by Crippen LogP contribution is 2.17. The van der Waals surface area contributed by atoms with Gasteiger partial charge in [-0.3, -0.25) is 4.79 Å². The molecule has 22 heavy (non-hydrogen) atoms. The number of aromatic nitrogens is 2. The second kappa shape index (κ2) is 6.27. The Balaban J connectivity index is 1.81. The third kappa shape index (κ3) is 2.87. The molecule has 2 heterocycles. The van der Waals surface area contributed by atoms with Crippen LogP contribution in [0.3, 0.4) is 0 Å². The zero-order valence-corrected chi connectivity index (χ0v) is 12.5. The molecule has 1 atom stereocenters. The van der Waals surface area contributed by atoms with Crippen molar-refractivity contribution < 1.29 is 9.18 Å². The minimum absolute atomic E-state index is 0.137. The van der Waals surface area contributed by atoms with E-state index in [9.17, 15) is 9.18 Å². The summed E-state index contributed by atoms with van der Waals surface area (Å²) in [4.78, 5) is 12.4. The molecule has 1 aromatic heterocycles. The van der Waals surface area contributed by atoms with Crippen molar-refractivity contribution in [2.45, 2.75) is 25.8 Å². The summed E-state index contributed by atoms with van der Waals surface area (Å²) in [5, 5.41) is 10.4. The van der Waals surface area contributed by atoms with Crippen molar-refractivity contribution in [3.05, 3.63) is 47.5 Å². The summed E-state index contributed by atoms with van der Waals surface area (Å²) in [6.45, 7) is 3.55. The molecule has 116 valence electrons. The Morgan fingerprint density at radius 1 is 1.45 bits per heavy atom. The molecule has 2 aromatic rings. The smallest absolute Gasteiger partial charge is 0.255 e. The molecular formula is C16H19FN4O. The molecule has 1 fully saturated rings. The molecule has 3 rings (SSSR count). The van der Waals surface area contributed by atoms with Crippen molar-refractivity contribution in [1.29, 1.82) is 0 Å². The van der Waals surface area contributed by atoms with E-state index in [0.717, 1.165) is 25.9 Å². The Kier molecular flexibility index (Phi) is 4.20. The molecule has 1 aliphatic rings. The lowest BCUT2D eigenvalue weighted by atomic mass is 10.1. The summed E-state index contributed by atoms with van der Waals surface area (Å²) in [5.41, 5.74) is 1.46. The van der Waals surface area contributed by atoms with E-state index in [2.05, 4.69) is 15.7 Å². The SMILES string of the molecule is Cc1c(C(=O)N[C@H]2CCCNC2)cnn1-c1ccccc1F. The largest absolute Gasteiger partial charge is 0.348 e. The van der Waals surface area contributed by atoms with Crippen LogP contribution in [0.25, 0.3) is 5.69 Å². The van der Waals surface area contributed by atoms with Crippen LogP contribution in [0.4, 0.5) is 4.39 Å². The van der Waals surface area contributed by atoms with Crippen LogP contribution < -0.4 is 10.6 Å². The van der Waals surface area contributed by atoms with Gasteiger partial charge in [0, 0.05) is 12.6 Å². The van der Waals surface area contributed by atoms with Gasteiger partial charge in [0.25, 0.3) is 5.91 Å². The molecule has 5 nitrogen and oxygen atoms in total. The van der Waals surface area contributed by atoms with Crippen molar-refractivity contribution in [2.24, 2.45) is 0 Å². The Morgan fingerprint density at radius 2 is 2.27 bits per heavy atom. The summed E-state index contributed by atoms with van der Waals surface area (Å²) >= 11 is 0. The third-order valence-corrected chi connectivity index (χ3v) is 3.97. The number of para-hydroxylation sites is 1. The summed E-state index contributed by atoms with van der Waals surface area (Å²) in [6, 6.07) is 6.53. The monoisotopic (exact) mass is 302 g/mol. The minimum atomic E-state index is -0.364. The number of benzene rings is 1. The average Bonchev–Trinajstić information content (AvgIpc) is 2.90. The van der Waals surface area contributed by atoms with Gasteiger partial charge in [-0.1, -0.05) is 12.1 Å². The molecule has 0 spiro atoms. The predicted molar refractivity (Wildman–Crippen MR) is 81.6 cm³/mol. The second-order valence-electron chi connectivity index (χ2n) is 5.52. The van der Waals surface area contributed by atoms with Crippen molar-refractivity contribution in [3.63, 3.8) is 0 Å². The van der Waals surface area contributed by atoms with E-state index < -0.39 is 0 Å². The quantitative estimate of drug-likeness (QED) is 0.909. The number of hydrogen-bond donors (Lipinski definition) is 2. The molecule has 0 saturated carbocycles. The molecule has 2 N–H and O–H groups in total. The summed E-state index contributed by atoms with van der Waals surface area (Å²) in [7, 11) is 0. The van der Waals surface area contributed by atoms with Gasteiger partial charge < -0.3 is 10.6 Å². The van der Waals surface area contributed by atoms with Gasteiger partial charge >= 0.3 is 0 Å². The summed E-state index contributed by atoms with van der Waals surface area (Å²) in [5.74, 6) is -0.522. The number of rotatable bonds is 3. The van der Waals surface area contributed by atoms with Crippen molar-refractivity contribution in [2.75, 3.05) is 13.1 Å². The molecule has 1 aromatic carbocycles. The van der Waals surface area contributed by atoms with E-state index in [1.54, 1.807) is 25.1 Å². The number of halogens is 1. The van der Waals surface area contributed by atoms with E-state index in [4.69, 9.17) is 0 Å². The number of carbonyl (C=O) groups excluding carboxylic acids is 1. The number of amides is 1. The Bertz CT molecular complexity index is 677. The molecule has 0 aliphatic carbocycles. The number of nitrogens with one attached hydrogen (secondary N) is 2. The number of nitrogens with zero attached hydrogens (tertiary/aromatic N) is 2. The van der Waals surface area contributed by atoms with Crippen LogP contribution >= 0.6 is 0 Å². The zero-order valence-electron chi connectivity index (χ0n) is 12.5. The van der Waals surface area contributed by atoms with Gasteiger partial charge in [0.05, 0.1) is 17.5 Å². The van der Waals surface area contributed by atoms with Crippen molar-refractivity contribution >= 4 is 5.91 Å². The van der Waals surface area contributed by atoms with Gasteiger partial charge in [0.15, 0.2) is 0 Å². The van der Waals surface area contributed by atoms with Crippen LogP contribution in [-0.2, 0) is 0 Å². The number of piperidine rings is 1. The van der Waals surface area contributed by atoms with E-state index >= 15 is 0 Å². The maximum absolute atomic E-state index is 13.9. The van der Waals surface area contributed by atoms with Crippen LogP contribution in [0.15, 0.2) is 30.5 Å². The zero-order chi connectivity index (χ0) is 15.5. The average molecular weight is 302 g/mol. The van der Waals surface area contributed by atoms with E-state index in [-0.39, 0.29) is 17.8 Å². The number of hydrogen-bond acceptors (Lipinski definition) is 3. The standard InChI is InChI=1S/C16H19FN4O/c1-11-13(16(22)20-12-5-4-8-18-9-12)10-19-21(11)15-7-3-2-6-14(15)17/h2-3,6-7,10,12,18H,4-5,8-9H2,1H3,(H,20,22)/t12-/m0/s1. The highest BCUT2D eigenvalue weighted by Gasteiger charge is 2.20. The lowest BCUT2D eigenvalue weighted by molar-refractivity contribution is 0.0930. The van der Waals surface area contributed by atoms with E-state index in [0.29, 0.717) is 16.9 Å². The summed E-state index contributed by atoms with van der Waals surface area (Å²) < 4.78 is 15.3. The molecule has 1 amide bonds. The first-order chi connectivity index (χ1) is 10.7. The van der Waals surface area contributed by atoms with Crippen LogP contribution in [0.1, 0.15) is 28.9 Å². The molecule has 1 aliphatic heterocycles. The topological polar surface area (TPSA) is 59.0 Å². The van der Waals surface area contributed by atoms with Crippen LogP contribution in [0.2, 0.25) is 0 Å². The first-order valence-corrected chi connectivity index (χ1v) is 7.48. The van der Waals surface area contributed by atoms with Crippen LogP contribution in [0.5, 0.6) is 0 Å². The van der Waals surface area contributed by atoms with Gasteiger partial charge in [-0.2, -0.15) is 5.10 Å². The minimum Gasteiger partial charge on any atom is -0.348 e. The van der Waals surface area contributed by atoms with Crippen LogP contribution in [-0.4, -0.2) is 34.8 Å². The third-order valence-electron chi connectivity index (χ3n) is 3.97. The van der Waals surface area contributed by atoms with E-state index in [1.807, 2.05) is 0 Å². The molecule has 0 unspecified atom stereocenters. The predicted octanol–water partition coefficient (Wildman–Crippen LogP) is 1.80. The first kappa shape index (κ1) is 14.7. The highest BCUT2D eigenvalue weighted by atomic mass is 19.1. The molecule has 1 saturated heterocycles. The lowest BCUT2D eigenvalue weighted by Crippen LogP contribution is -2.45. The molecule has 0 radical (unpaired) electrons. The van der Waals surface area contributed by atoms with Crippen molar-refractivity contribution in [3.8, 4) is 5.69 Å². The van der Waals surface area contributed by atoms with Gasteiger partial charge in [0.2, 0.25) is 0 Å². The van der Waals surface area contributed by atoms with Gasteiger partial charge in [-0.15, -0.1) is 0 Å². The van der Waals surface area contributed by atoms with E-state index in [1.165, 1.54) is 16.9 Å². The Labute approximate surface area is 128 Å². The van der Waals surface area contributed by atoms with Gasteiger partial charge in [0.1, 0.15) is 11.5 Å². The van der Waals surface area contributed by atoms with Crippen molar-refractivity contribution in [1.82, 2.24) is 20.4 Å². The lowest BCUT2D eigenvalue weighted by Gasteiger charge is -2.23. The fraction of sp³-hybridized carbons (Fsp3) is 0.375. The Hall–Kier alpha value is -2.21. The normalized spacial score (nSPS) is 18.2. The fourth-order valence-corrected chi connectivity index (χ4v) is 2.74. The molecule has 6 heteroatoms. The summed E-state index contributed by atoms with van der Waals surface area (Å²) in [6.07, 6.45) is 3.52. The molecular weight excluding hydrogens is 283 g/mol. The van der Waals surface area contributed by atoms with Gasteiger partial charge in [-0.05, 0) is 38.4 Å². The highest BCUT2D eigenvalue weighted by molar-refractivity contribution is 5.95. The molecule has 0 bridgehead atoms. The Morgan fingerprint density at radius 3 is 3.00 bits per heavy atom. The first-order valence-electron chi connectivity index (χ1n) is 7.48.